The van der Waals surface area contributed by atoms with Crippen molar-refractivity contribution in [3.63, 3.8) is 0 Å². The number of carbonyl (C=O) groups excluding carboxylic acids is 4. The van der Waals surface area contributed by atoms with Gasteiger partial charge < -0.3 is 9.47 Å². The molecule has 0 spiro atoms. The van der Waals surface area contributed by atoms with E-state index < -0.39 is 69.5 Å². The van der Waals surface area contributed by atoms with Crippen molar-refractivity contribution >= 4 is 46.4 Å². The number of hydrazine groups is 1. The maximum absolute atomic E-state index is 14.6. The highest BCUT2D eigenvalue weighted by atomic mass is 16.6. The molecule has 0 radical (unpaired) electrons. The number of ether oxygens (including phenoxy) is 2. The number of nitro benzene ring substituents is 2. The average molecular weight is 705 g/mol. The molecule has 4 fully saturated rings. The molecular weight excluding hydrogens is 676 g/mol. The van der Waals surface area contributed by atoms with Crippen LogP contribution in [-0.2, 0) is 19.2 Å². The maximum Gasteiger partial charge on any atom is 0.269 e. The Morgan fingerprint density at radius 3 is 1.21 bits per heavy atom. The zero-order valence-corrected chi connectivity index (χ0v) is 27.5. The highest BCUT2D eigenvalue weighted by Crippen LogP contribution is 2.60. The molecule has 0 saturated carbocycles. The van der Waals surface area contributed by atoms with Gasteiger partial charge in [0.25, 0.3) is 23.2 Å². The smallest absolute Gasteiger partial charge is 0.269 e. The number of rotatable bonds is 8. The Labute approximate surface area is 294 Å². The van der Waals surface area contributed by atoms with Gasteiger partial charge in [0, 0.05) is 36.4 Å². The van der Waals surface area contributed by atoms with Gasteiger partial charge in [-0.05, 0) is 35.4 Å². The standard InChI is InChI=1S/C36H28N6O10/c1-51-25-7-3-5-23(17-25)37-33(43)27-29(19-9-13-21(14-10-19)41(47)48)40-32-28(34(44)38(36(32)46)24-6-4-8-26(18-24)52-2)30(39(40)31(27)35(37)45)20-11-15-22(16-12-20)42(49)50/h3-18,27-32H,1-2H3. The van der Waals surface area contributed by atoms with E-state index in [0.29, 0.717) is 22.6 Å². The van der Waals surface area contributed by atoms with E-state index in [0.717, 1.165) is 9.80 Å². The SMILES string of the molecule is COc1cccc(N2C(=O)C3C(C2=O)N2C(c4ccc([N+](=O)[O-])cc4)C4C(=O)N(c5cccc(OC)c5)C(=O)C4N2C3c2ccc([N+](=O)[O-])cc2)c1. The van der Waals surface area contributed by atoms with Crippen molar-refractivity contribution in [3.8, 4) is 11.5 Å². The molecule has 6 atom stereocenters. The maximum atomic E-state index is 14.6. The number of carbonyl (C=O) groups is 4. The van der Waals surface area contributed by atoms with Crippen LogP contribution < -0.4 is 19.3 Å². The number of anilines is 2. The molecule has 6 unspecified atom stereocenters. The van der Waals surface area contributed by atoms with Crippen LogP contribution >= 0.6 is 0 Å². The number of nitro groups is 2. The first-order chi connectivity index (χ1) is 25.0. The fraction of sp³-hybridized carbons (Fsp3) is 0.222. The van der Waals surface area contributed by atoms with E-state index >= 15 is 0 Å². The average Bonchev–Trinajstić information content (AvgIpc) is 3.82. The summed E-state index contributed by atoms with van der Waals surface area (Å²) < 4.78 is 10.7. The summed E-state index contributed by atoms with van der Waals surface area (Å²) in [5, 5.41) is 26.4. The van der Waals surface area contributed by atoms with Crippen molar-refractivity contribution < 1.29 is 38.5 Å². The van der Waals surface area contributed by atoms with Gasteiger partial charge in [0.2, 0.25) is 11.8 Å². The molecule has 8 rings (SSSR count). The predicted molar refractivity (Wildman–Crippen MR) is 181 cm³/mol. The fourth-order valence-electron chi connectivity index (χ4n) is 8.09. The number of amides is 4. The van der Waals surface area contributed by atoms with Gasteiger partial charge in [-0.3, -0.25) is 39.4 Å². The third kappa shape index (κ3) is 4.68. The lowest BCUT2D eigenvalue weighted by Gasteiger charge is -2.35. The van der Waals surface area contributed by atoms with Crippen molar-refractivity contribution in [3.05, 3.63) is 128 Å². The van der Waals surface area contributed by atoms with E-state index in [1.54, 1.807) is 58.5 Å². The number of fused-ring (bicyclic) bond motifs is 5. The quantitative estimate of drug-likeness (QED) is 0.146. The van der Waals surface area contributed by atoms with Crippen molar-refractivity contribution in [1.82, 2.24) is 10.0 Å². The Kier molecular flexibility index (Phi) is 7.58. The summed E-state index contributed by atoms with van der Waals surface area (Å²) in [7, 11) is 2.90. The summed E-state index contributed by atoms with van der Waals surface area (Å²) in [6.45, 7) is 0. The number of nitrogens with zero attached hydrogens (tertiary/aromatic N) is 6. The minimum Gasteiger partial charge on any atom is -0.497 e. The van der Waals surface area contributed by atoms with Crippen LogP contribution in [0.3, 0.4) is 0 Å². The molecule has 4 aromatic rings. The van der Waals surface area contributed by atoms with Crippen LogP contribution in [0.2, 0.25) is 0 Å². The van der Waals surface area contributed by atoms with Gasteiger partial charge in [0.15, 0.2) is 0 Å². The van der Waals surface area contributed by atoms with Gasteiger partial charge in [0.1, 0.15) is 23.6 Å². The number of imide groups is 2. The summed E-state index contributed by atoms with van der Waals surface area (Å²) in [5.41, 5.74) is 0.892. The lowest BCUT2D eigenvalue weighted by Crippen LogP contribution is -2.50. The van der Waals surface area contributed by atoms with Crippen molar-refractivity contribution in [2.24, 2.45) is 11.8 Å². The molecule has 4 aliphatic heterocycles. The van der Waals surface area contributed by atoms with E-state index in [1.165, 1.54) is 62.8 Å². The summed E-state index contributed by atoms with van der Waals surface area (Å²) in [6, 6.07) is 19.3. The van der Waals surface area contributed by atoms with E-state index in [4.69, 9.17) is 9.47 Å². The van der Waals surface area contributed by atoms with Crippen LogP contribution in [0.15, 0.2) is 97.1 Å². The van der Waals surface area contributed by atoms with Gasteiger partial charge >= 0.3 is 0 Å². The normalized spacial score (nSPS) is 25.3. The largest absolute Gasteiger partial charge is 0.497 e. The van der Waals surface area contributed by atoms with Gasteiger partial charge in [-0.15, -0.1) is 0 Å². The Bertz CT molecular complexity index is 2040. The zero-order valence-electron chi connectivity index (χ0n) is 27.5. The number of methoxy groups -OCH3 is 2. The summed E-state index contributed by atoms with van der Waals surface area (Å²) in [4.78, 5) is 82.6. The van der Waals surface area contributed by atoms with Crippen LogP contribution in [0, 0.1) is 32.1 Å². The predicted octanol–water partition coefficient (Wildman–Crippen LogP) is 3.97. The Morgan fingerprint density at radius 1 is 0.519 bits per heavy atom. The molecule has 0 bridgehead atoms. The summed E-state index contributed by atoms with van der Waals surface area (Å²) in [5.74, 6) is -3.86. The molecule has 52 heavy (non-hydrogen) atoms. The van der Waals surface area contributed by atoms with Crippen LogP contribution in [0.5, 0.6) is 11.5 Å². The van der Waals surface area contributed by atoms with Crippen molar-refractivity contribution in [2.75, 3.05) is 24.0 Å². The minimum absolute atomic E-state index is 0.207. The first-order valence-electron chi connectivity index (χ1n) is 16.1. The molecule has 16 nitrogen and oxygen atoms in total. The Balaban J connectivity index is 1.33. The first kappa shape index (κ1) is 32.7. The summed E-state index contributed by atoms with van der Waals surface area (Å²) >= 11 is 0. The van der Waals surface area contributed by atoms with Gasteiger partial charge in [0.05, 0.1) is 59.4 Å². The summed E-state index contributed by atoms with van der Waals surface area (Å²) in [6.07, 6.45) is 0. The van der Waals surface area contributed by atoms with Crippen LogP contribution in [0.1, 0.15) is 23.2 Å². The second kappa shape index (κ2) is 12.1. The number of non-ortho nitro benzene ring substituents is 2. The fourth-order valence-corrected chi connectivity index (χ4v) is 8.09. The van der Waals surface area contributed by atoms with E-state index in [2.05, 4.69) is 0 Å². The molecule has 262 valence electrons. The van der Waals surface area contributed by atoms with Crippen LogP contribution in [-0.4, -0.2) is 69.8 Å². The van der Waals surface area contributed by atoms with E-state index in [9.17, 15) is 39.4 Å². The first-order valence-corrected chi connectivity index (χ1v) is 16.1. The third-order valence-electron chi connectivity index (χ3n) is 10.2. The molecule has 16 heteroatoms. The number of hydrogen-bond donors (Lipinski definition) is 0. The molecule has 4 heterocycles. The minimum atomic E-state index is -1.23. The second-order valence-electron chi connectivity index (χ2n) is 12.7. The highest BCUT2D eigenvalue weighted by Gasteiger charge is 2.73. The Hall–Kier alpha value is -6.52. The highest BCUT2D eigenvalue weighted by molar-refractivity contribution is 6.26. The van der Waals surface area contributed by atoms with Gasteiger partial charge in [-0.25, -0.2) is 19.8 Å². The lowest BCUT2D eigenvalue weighted by atomic mass is 9.84. The molecule has 4 aliphatic rings. The number of benzene rings is 4. The van der Waals surface area contributed by atoms with Gasteiger partial charge in [-0.2, -0.15) is 0 Å². The van der Waals surface area contributed by atoms with Crippen molar-refractivity contribution in [1.29, 1.82) is 0 Å². The van der Waals surface area contributed by atoms with Crippen LogP contribution in [0.25, 0.3) is 0 Å². The van der Waals surface area contributed by atoms with E-state index in [-0.39, 0.29) is 22.7 Å². The van der Waals surface area contributed by atoms with Crippen LogP contribution in [0.4, 0.5) is 22.7 Å². The van der Waals surface area contributed by atoms with Crippen molar-refractivity contribution in [2.45, 2.75) is 24.2 Å². The molecule has 0 aliphatic carbocycles. The molecule has 0 N–H and O–H groups in total. The molecule has 4 amide bonds. The molecule has 0 aromatic heterocycles. The van der Waals surface area contributed by atoms with E-state index in [1.807, 2.05) is 0 Å². The Morgan fingerprint density at radius 2 is 0.885 bits per heavy atom. The second-order valence-corrected chi connectivity index (χ2v) is 12.7. The third-order valence-corrected chi connectivity index (χ3v) is 10.2. The lowest BCUT2D eigenvalue weighted by molar-refractivity contribution is -0.385. The molecule has 4 aromatic carbocycles. The molecular formula is C36H28N6O10. The topological polar surface area (TPSA) is 186 Å². The zero-order chi connectivity index (χ0) is 36.6. The number of hydrogen-bond acceptors (Lipinski definition) is 12. The molecule has 4 saturated heterocycles. The monoisotopic (exact) mass is 704 g/mol. The van der Waals surface area contributed by atoms with Gasteiger partial charge in [-0.1, -0.05) is 36.4 Å².